The third-order valence-corrected chi connectivity index (χ3v) is 7.16. The molecule has 38 heavy (non-hydrogen) atoms. The van der Waals surface area contributed by atoms with Gasteiger partial charge in [0.05, 0.1) is 24.8 Å². The zero-order valence-corrected chi connectivity index (χ0v) is 22.3. The first-order valence-electron chi connectivity index (χ1n) is 13.3. The number of allylic oxidation sites excluding steroid dienone is 1. The lowest BCUT2D eigenvalue weighted by molar-refractivity contribution is 0.0277. The molecule has 194 valence electrons. The number of rotatable bonds is 6. The van der Waals surface area contributed by atoms with Gasteiger partial charge in [-0.05, 0) is 67.2 Å². The molecule has 1 fully saturated rings. The van der Waals surface area contributed by atoms with E-state index in [1.54, 1.807) is 11.5 Å². The van der Waals surface area contributed by atoms with Crippen LogP contribution in [0.2, 0.25) is 0 Å². The van der Waals surface area contributed by atoms with Crippen molar-refractivity contribution in [2.45, 2.75) is 46.3 Å². The number of nitrogens with zero attached hydrogens (tertiary/aromatic N) is 2. The molecule has 5 rings (SSSR count). The van der Waals surface area contributed by atoms with Gasteiger partial charge in [0.2, 0.25) is 0 Å². The molecule has 3 aromatic rings. The number of ether oxygens (including phenoxy) is 1. The van der Waals surface area contributed by atoms with Crippen LogP contribution in [0.15, 0.2) is 75.8 Å². The molecule has 2 aliphatic rings. The van der Waals surface area contributed by atoms with E-state index in [4.69, 9.17) is 9.73 Å². The zero-order valence-electron chi connectivity index (χ0n) is 22.3. The first-order valence-corrected chi connectivity index (χ1v) is 13.3. The monoisotopic (exact) mass is 506 g/mol. The van der Waals surface area contributed by atoms with Gasteiger partial charge in [-0.2, -0.15) is 0 Å². The fourth-order valence-electron chi connectivity index (χ4n) is 4.92. The van der Waals surface area contributed by atoms with E-state index < -0.39 is 0 Å². The van der Waals surface area contributed by atoms with Crippen LogP contribution in [0.3, 0.4) is 0 Å². The van der Waals surface area contributed by atoms with Gasteiger partial charge in [0.15, 0.2) is 0 Å². The van der Waals surface area contributed by atoms with Crippen LogP contribution in [-0.2, 0) is 11.3 Å². The Bertz CT molecular complexity index is 1600. The maximum atomic E-state index is 13.6. The SMILES string of the molecule is CC#Cc1cc2c(n(Cc3ccccc3C)c1=O)=NC(Nc1ccc(C3CNCCO3)cc1)=C(CC)CC=2. The lowest BCUT2D eigenvalue weighted by Crippen LogP contribution is -2.45. The molecule has 6 heteroatoms. The number of morpholine rings is 1. The van der Waals surface area contributed by atoms with Crippen molar-refractivity contribution in [3.05, 3.63) is 109 Å². The Balaban J connectivity index is 1.57. The van der Waals surface area contributed by atoms with Gasteiger partial charge in [0.1, 0.15) is 11.3 Å². The predicted molar refractivity (Wildman–Crippen MR) is 152 cm³/mol. The number of nitrogens with one attached hydrogen (secondary N) is 2. The van der Waals surface area contributed by atoms with Crippen LogP contribution >= 0.6 is 0 Å². The fourth-order valence-corrected chi connectivity index (χ4v) is 4.92. The van der Waals surface area contributed by atoms with Crippen molar-refractivity contribution in [1.29, 1.82) is 0 Å². The van der Waals surface area contributed by atoms with Crippen molar-refractivity contribution in [1.82, 2.24) is 9.88 Å². The second-order valence-corrected chi connectivity index (χ2v) is 9.67. The highest BCUT2D eigenvalue weighted by atomic mass is 16.5. The molecule has 1 atom stereocenters. The van der Waals surface area contributed by atoms with E-state index in [0.29, 0.717) is 17.6 Å². The van der Waals surface area contributed by atoms with Gasteiger partial charge in [-0.15, -0.1) is 5.92 Å². The molecule has 0 radical (unpaired) electrons. The molecular formula is C32H34N4O2. The highest BCUT2D eigenvalue weighted by molar-refractivity contribution is 5.52. The smallest absolute Gasteiger partial charge is 0.268 e. The molecule has 6 nitrogen and oxygen atoms in total. The Morgan fingerprint density at radius 1 is 1.18 bits per heavy atom. The quantitative estimate of drug-likeness (QED) is 0.500. The van der Waals surface area contributed by atoms with Gasteiger partial charge in [-0.25, -0.2) is 4.99 Å². The Hall–Kier alpha value is -3.92. The number of fused-ring (bicyclic) bond motifs is 1. The van der Waals surface area contributed by atoms with Crippen LogP contribution in [-0.4, -0.2) is 24.3 Å². The summed E-state index contributed by atoms with van der Waals surface area (Å²) in [5.41, 5.74) is 6.54. The largest absolute Gasteiger partial charge is 0.371 e. The molecular weight excluding hydrogens is 472 g/mol. The van der Waals surface area contributed by atoms with E-state index in [1.165, 1.54) is 5.57 Å². The summed E-state index contributed by atoms with van der Waals surface area (Å²) >= 11 is 0. The molecule has 0 aliphatic carbocycles. The van der Waals surface area contributed by atoms with Gasteiger partial charge >= 0.3 is 0 Å². The topological polar surface area (TPSA) is 67.7 Å². The molecule has 1 unspecified atom stereocenters. The number of pyridine rings is 1. The van der Waals surface area contributed by atoms with E-state index in [-0.39, 0.29) is 11.7 Å². The summed E-state index contributed by atoms with van der Waals surface area (Å²) in [7, 11) is 0. The molecule has 2 aliphatic heterocycles. The normalized spacial score (nSPS) is 16.9. The second-order valence-electron chi connectivity index (χ2n) is 9.67. The van der Waals surface area contributed by atoms with E-state index in [9.17, 15) is 4.79 Å². The minimum Gasteiger partial charge on any atom is -0.371 e. The van der Waals surface area contributed by atoms with Crippen molar-refractivity contribution in [2.24, 2.45) is 4.99 Å². The number of benzene rings is 2. The number of hydrogen-bond donors (Lipinski definition) is 2. The summed E-state index contributed by atoms with van der Waals surface area (Å²) in [6, 6.07) is 18.4. The number of aromatic nitrogens is 1. The molecule has 0 bridgehead atoms. The average Bonchev–Trinajstić information content (AvgIpc) is 3.12. The van der Waals surface area contributed by atoms with Crippen molar-refractivity contribution >= 4 is 11.8 Å². The van der Waals surface area contributed by atoms with Crippen molar-refractivity contribution in [3.8, 4) is 11.8 Å². The van der Waals surface area contributed by atoms with E-state index >= 15 is 0 Å². The fraction of sp³-hybridized carbons (Fsp3) is 0.312. The lowest BCUT2D eigenvalue weighted by Gasteiger charge is -2.24. The molecule has 0 saturated carbocycles. The summed E-state index contributed by atoms with van der Waals surface area (Å²) in [5.74, 6) is 6.69. The maximum absolute atomic E-state index is 13.6. The summed E-state index contributed by atoms with van der Waals surface area (Å²) in [5, 5.41) is 7.86. The van der Waals surface area contributed by atoms with Gasteiger partial charge in [0.25, 0.3) is 5.56 Å². The summed E-state index contributed by atoms with van der Waals surface area (Å²) in [6.45, 7) is 8.84. The van der Waals surface area contributed by atoms with Crippen molar-refractivity contribution in [3.63, 3.8) is 0 Å². The second kappa shape index (κ2) is 11.6. The van der Waals surface area contributed by atoms with Gasteiger partial charge < -0.3 is 15.4 Å². The Morgan fingerprint density at radius 2 is 2.00 bits per heavy atom. The third-order valence-electron chi connectivity index (χ3n) is 7.16. The number of anilines is 1. The first-order chi connectivity index (χ1) is 18.6. The first kappa shape index (κ1) is 25.7. The molecule has 3 heterocycles. The van der Waals surface area contributed by atoms with Gasteiger partial charge in [-0.1, -0.05) is 55.3 Å². The maximum Gasteiger partial charge on any atom is 0.268 e. The average molecular weight is 507 g/mol. The Morgan fingerprint density at radius 3 is 2.71 bits per heavy atom. The lowest BCUT2D eigenvalue weighted by atomic mass is 10.1. The summed E-state index contributed by atoms with van der Waals surface area (Å²) < 4.78 is 7.66. The Kier molecular flexibility index (Phi) is 7.88. The summed E-state index contributed by atoms with van der Waals surface area (Å²) in [6.07, 6.45) is 3.83. The molecule has 1 saturated heterocycles. The Labute approximate surface area is 223 Å². The minimum absolute atomic E-state index is 0.0727. The number of aryl methyl sites for hydroxylation is 1. The highest BCUT2D eigenvalue weighted by Gasteiger charge is 2.17. The van der Waals surface area contributed by atoms with Gasteiger partial charge in [-0.3, -0.25) is 9.36 Å². The van der Waals surface area contributed by atoms with Crippen LogP contribution in [0.5, 0.6) is 0 Å². The van der Waals surface area contributed by atoms with Crippen LogP contribution < -0.4 is 26.9 Å². The third kappa shape index (κ3) is 5.50. The summed E-state index contributed by atoms with van der Waals surface area (Å²) in [4.78, 5) is 18.7. The van der Waals surface area contributed by atoms with Gasteiger partial charge in [0, 0.05) is 24.0 Å². The predicted octanol–water partition coefficient (Wildman–Crippen LogP) is 3.77. The van der Waals surface area contributed by atoms with E-state index in [1.807, 2.05) is 18.2 Å². The van der Waals surface area contributed by atoms with Crippen molar-refractivity contribution in [2.75, 3.05) is 25.0 Å². The van der Waals surface area contributed by atoms with Crippen LogP contribution in [0.25, 0.3) is 6.08 Å². The molecule has 2 aromatic carbocycles. The molecule has 2 N–H and O–H groups in total. The van der Waals surface area contributed by atoms with Crippen LogP contribution in [0.4, 0.5) is 5.69 Å². The van der Waals surface area contributed by atoms with Crippen LogP contribution in [0, 0.1) is 18.8 Å². The van der Waals surface area contributed by atoms with E-state index in [2.05, 4.69) is 78.8 Å². The van der Waals surface area contributed by atoms with Crippen molar-refractivity contribution < 1.29 is 4.74 Å². The molecule has 0 spiro atoms. The highest BCUT2D eigenvalue weighted by Crippen LogP contribution is 2.23. The standard InChI is InChI=1S/C32H34N4O2/c1-4-8-26-19-25-12-11-23(5-2)30(34-28-15-13-24(14-16-28)29-20-33-17-18-38-29)35-31(25)36(32(26)37)21-27-10-7-6-9-22(27)3/h6-7,9-10,12-16,19,29,33-34H,5,11,17-18,20-21H2,1-3H3. The minimum atomic E-state index is -0.122. The number of hydrogen-bond acceptors (Lipinski definition) is 5. The van der Waals surface area contributed by atoms with Crippen LogP contribution in [0.1, 0.15) is 55.0 Å². The molecule has 1 aromatic heterocycles. The van der Waals surface area contributed by atoms with E-state index in [0.717, 1.165) is 66.0 Å². The zero-order chi connectivity index (χ0) is 26.5. The molecule has 0 amide bonds.